The summed E-state index contributed by atoms with van der Waals surface area (Å²) in [5.74, 6) is 0.187. The van der Waals surface area contributed by atoms with Crippen LogP contribution in [0.2, 0.25) is 0 Å². The number of ether oxygens (including phenoxy) is 1. The zero-order valence-electron chi connectivity index (χ0n) is 12.2. The van der Waals surface area contributed by atoms with Crippen LogP contribution in [0.15, 0.2) is 53.9 Å². The monoisotopic (exact) mass is 334 g/mol. The number of rotatable bonds is 6. The van der Waals surface area contributed by atoms with E-state index < -0.39 is 14.9 Å². The van der Waals surface area contributed by atoms with Gasteiger partial charge < -0.3 is 4.74 Å². The van der Waals surface area contributed by atoms with Gasteiger partial charge in [-0.15, -0.1) is 0 Å². The molecule has 0 atom stereocenters. The summed E-state index contributed by atoms with van der Waals surface area (Å²) in [6, 6.07) is 12.5. The van der Waals surface area contributed by atoms with Crippen LogP contribution in [0.5, 0.6) is 5.75 Å². The molecule has 23 heavy (non-hydrogen) atoms. The van der Waals surface area contributed by atoms with Gasteiger partial charge in [0.25, 0.3) is 15.7 Å². The van der Waals surface area contributed by atoms with Crippen LogP contribution < -0.4 is 9.46 Å². The minimum atomic E-state index is -3.84. The molecule has 0 aromatic heterocycles. The van der Waals surface area contributed by atoms with Gasteiger partial charge >= 0.3 is 0 Å². The van der Waals surface area contributed by atoms with Gasteiger partial charge in [-0.1, -0.05) is 30.3 Å². The molecule has 7 nitrogen and oxygen atoms in total. The maximum Gasteiger partial charge on any atom is 0.271 e. The van der Waals surface area contributed by atoms with E-state index in [1.54, 1.807) is 24.3 Å². The number of sulfonamides is 1. The summed E-state index contributed by atoms with van der Waals surface area (Å²) in [5, 5.41) is 11.8. The zero-order valence-corrected chi connectivity index (χ0v) is 13.0. The standard InChI is InChI=1S/C15H14N2O5S/c1-22-15-8-7-13(17(18)19)11-14(15)16-23(20,21)10-9-12-5-3-2-4-6-12/h2-11,16H,1H3/b10-9+. The molecule has 1 N–H and O–H groups in total. The number of nitro benzene ring substituents is 1. The third-order valence-electron chi connectivity index (χ3n) is 2.89. The van der Waals surface area contributed by atoms with Crippen molar-refractivity contribution < 1.29 is 18.1 Å². The highest BCUT2D eigenvalue weighted by Gasteiger charge is 2.15. The predicted octanol–water partition coefficient (Wildman–Crippen LogP) is 3.02. The molecule has 0 bridgehead atoms. The lowest BCUT2D eigenvalue weighted by molar-refractivity contribution is -0.384. The van der Waals surface area contributed by atoms with Crippen molar-refractivity contribution in [2.45, 2.75) is 0 Å². The largest absolute Gasteiger partial charge is 0.495 e. The van der Waals surface area contributed by atoms with Crippen molar-refractivity contribution >= 4 is 27.5 Å². The van der Waals surface area contributed by atoms with E-state index in [9.17, 15) is 18.5 Å². The van der Waals surface area contributed by atoms with E-state index in [-0.39, 0.29) is 17.1 Å². The van der Waals surface area contributed by atoms with Crippen molar-refractivity contribution in [3.05, 3.63) is 69.6 Å². The fraction of sp³-hybridized carbons (Fsp3) is 0.0667. The van der Waals surface area contributed by atoms with Crippen LogP contribution >= 0.6 is 0 Å². The number of nitrogens with one attached hydrogen (secondary N) is 1. The minimum absolute atomic E-state index is 0.000545. The number of non-ortho nitro benzene ring substituents is 1. The average Bonchev–Trinajstić information content (AvgIpc) is 2.53. The smallest absolute Gasteiger partial charge is 0.271 e. The Bertz CT molecular complexity index is 832. The second-order valence-electron chi connectivity index (χ2n) is 4.50. The molecule has 0 aliphatic rings. The molecule has 0 spiro atoms. The topological polar surface area (TPSA) is 98.5 Å². The van der Waals surface area contributed by atoms with Gasteiger partial charge in [-0.05, 0) is 17.7 Å². The van der Waals surface area contributed by atoms with Crippen LogP contribution in [0.4, 0.5) is 11.4 Å². The van der Waals surface area contributed by atoms with Gasteiger partial charge in [0.15, 0.2) is 0 Å². The molecule has 2 aromatic carbocycles. The number of nitrogens with zero attached hydrogens (tertiary/aromatic N) is 1. The molecule has 0 heterocycles. The van der Waals surface area contributed by atoms with Gasteiger partial charge in [-0.3, -0.25) is 14.8 Å². The fourth-order valence-corrected chi connectivity index (χ4v) is 2.68. The third kappa shape index (κ3) is 4.55. The lowest BCUT2D eigenvalue weighted by atomic mass is 10.2. The summed E-state index contributed by atoms with van der Waals surface area (Å²) in [7, 11) is -2.50. The first kappa shape index (κ1) is 16.5. The molecule has 0 amide bonds. The molecule has 2 rings (SSSR count). The fourth-order valence-electron chi connectivity index (χ4n) is 1.81. The molecular weight excluding hydrogens is 320 g/mol. The molecule has 0 aliphatic heterocycles. The van der Waals surface area contributed by atoms with Crippen LogP contribution in [-0.2, 0) is 10.0 Å². The molecule has 0 saturated carbocycles. The van der Waals surface area contributed by atoms with Crippen LogP contribution in [0.1, 0.15) is 5.56 Å². The first-order chi connectivity index (χ1) is 10.9. The van der Waals surface area contributed by atoms with E-state index in [4.69, 9.17) is 4.74 Å². The van der Waals surface area contributed by atoms with Crippen LogP contribution in [0, 0.1) is 10.1 Å². The van der Waals surface area contributed by atoms with Crippen molar-refractivity contribution in [2.24, 2.45) is 0 Å². The van der Waals surface area contributed by atoms with Crippen LogP contribution in [-0.4, -0.2) is 20.5 Å². The van der Waals surface area contributed by atoms with Gasteiger partial charge in [0.2, 0.25) is 0 Å². The van der Waals surface area contributed by atoms with E-state index in [0.717, 1.165) is 11.5 Å². The predicted molar refractivity (Wildman–Crippen MR) is 87.7 cm³/mol. The Labute approximate surface area is 133 Å². The van der Waals surface area contributed by atoms with E-state index >= 15 is 0 Å². The molecule has 0 radical (unpaired) electrons. The summed E-state index contributed by atoms with van der Waals surface area (Å²) < 4.78 is 31.5. The molecule has 0 aliphatic carbocycles. The van der Waals surface area contributed by atoms with Crippen LogP contribution in [0.25, 0.3) is 6.08 Å². The first-order valence-electron chi connectivity index (χ1n) is 6.50. The molecule has 0 unspecified atom stereocenters. The van der Waals surface area contributed by atoms with Gasteiger partial charge in [-0.2, -0.15) is 0 Å². The normalized spacial score (nSPS) is 11.3. The van der Waals surface area contributed by atoms with Crippen molar-refractivity contribution in [2.75, 3.05) is 11.8 Å². The Morgan fingerprint density at radius 2 is 1.87 bits per heavy atom. The van der Waals surface area contributed by atoms with Gasteiger partial charge in [0, 0.05) is 12.1 Å². The third-order valence-corrected chi connectivity index (χ3v) is 3.88. The SMILES string of the molecule is COc1ccc([N+](=O)[O-])cc1NS(=O)(=O)/C=C/c1ccccc1. The second-order valence-corrected chi connectivity index (χ2v) is 6.07. The van der Waals surface area contributed by atoms with Gasteiger partial charge in [0.1, 0.15) is 5.75 Å². The van der Waals surface area contributed by atoms with Crippen molar-refractivity contribution in [3.63, 3.8) is 0 Å². The van der Waals surface area contributed by atoms with E-state index in [2.05, 4.69) is 4.72 Å². The van der Waals surface area contributed by atoms with E-state index in [1.165, 1.54) is 25.3 Å². The second kappa shape index (κ2) is 6.93. The maximum absolute atomic E-state index is 12.1. The Hall–Kier alpha value is -2.87. The Morgan fingerprint density at radius 1 is 1.17 bits per heavy atom. The number of methoxy groups -OCH3 is 1. The molecular formula is C15H14N2O5S. The lowest BCUT2D eigenvalue weighted by Gasteiger charge is -2.09. The number of anilines is 1. The number of nitro groups is 1. The number of benzene rings is 2. The number of hydrogen-bond donors (Lipinski definition) is 1. The highest BCUT2D eigenvalue weighted by molar-refractivity contribution is 7.95. The molecule has 0 fully saturated rings. The zero-order chi connectivity index (χ0) is 16.9. The van der Waals surface area contributed by atoms with E-state index in [1.807, 2.05) is 6.07 Å². The Kier molecular flexibility index (Phi) is 4.97. The van der Waals surface area contributed by atoms with Crippen molar-refractivity contribution in [1.29, 1.82) is 0 Å². The summed E-state index contributed by atoms with van der Waals surface area (Å²) in [5.41, 5.74) is 0.471. The Morgan fingerprint density at radius 3 is 2.48 bits per heavy atom. The molecule has 2 aromatic rings. The minimum Gasteiger partial charge on any atom is -0.495 e. The van der Waals surface area contributed by atoms with Gasteiger partial charge in [-0.25, -0.2) is 8.42 Å². The highest BCUT2D eigenvalue weighted by Crippen LogP contribution is 2.29. The Balaban J connectivity index is 2.28. The van der Waals surface area contributed by atoms with Crippen molar-refractivity contribution in [1.82, 2.24) is 0 Å². The quantitative estimate of drug-likeness (QED) is 0.647. The average molecular weight is 334 g/mol. The van der Waals surface area contributed by atoms with Crippen LogP contribution in [0.3, 0.4) is 0 Å². The molecule has 0 saturated heterocycles. The lowest BCUT2D eigenvalue weighted by Crippen LogP contribution is -2.10. The highest BCUT2D eigenvalue weighted by atomic mass is 32.2. The summed E-state index contributed by atoms with van der Waals surface area (Å²) >= 11 is 0. The van der Waals surface area contributed by atoms with Crippen molar-refractivity contribution in [3.8, 4) is 5.75 Å². The first-order valence-corrected chi connectivity index (χ1v) is 8.04. The summed E-state index contributed by atoms with van der Waals surface area (Å²) in [4.78, 5) is 10.2. The summed E-state index contributed by atoms with van der Waals surface area (Å²) in [6.45, 7) is 0. The molecule has 8 heteroatoms. The van der Waals surface area contributed by atoms with E-state index in [0.29, 0.717) is 5.56 Å². The summed E-state index contributed by atoms with van der Waals surface area (Å²) in [6.07, 6.45) is 1.42. The number of hydrogen-bond acceptors (Lipinski definition) is 5. The van der Waals surface area contributed by atoms with Gasteiger partial charge in [0.05, 0.1) is 23.1 Å². The maximum atomic E-state index is 12.1. The molecule has 120 valence electrons.